The minimum atomic E-state index is 0.795. The molecule has 0 saturated heterocycles. The Bertz CT molecular complexity index is 424. The van der Waals surface area contributed by atoms with Crippen molar-refractivity contribution in [1.82, 2.24) is 20.2 Å². The first-order valence-corrected chi connectivity index (χ1v) is 4.87. The first-order valence-electron chi connectivity index (χ1n) is 3.79. The lowest BCUT2D eigenvalue weighted by Crippen LogP contribution is -2.01. The van der Waals surface area contributed by atoms with Gasteiger partial charge in [0.05, 0.1) is 5.69 Å². The van der Waals surface area contributed by atoms with Gasteiger partial charge in [-0.25, -0.2) is 0 Å². The summed E-state index contributed by atoms with van der Waals surface area (Å²) in [5.41, 5.74) is 1.02. The molecule has 2 rings (SSSR count). The van der Waals surface area contributed by atoms with E-state index in [-0.39, 0.29) is 0 Å². The van der Waals surface area contributed by atoms with E-state index in [4.69, 9.17) is 0 Å². The lowest BCUT2D eigenvalue weighted by Gasteiger charge is -2.02. The van der Waals surface area contributed by atoms with Crippen molar-refractivity contribution in [3.8, 4) is 5.69 Å². The zero-order chi connectivity index (χ0) is 9.26. The van der Waals surface area contributed by atoms with Gasteiger partial charge in [0.2, 0.25) is 0 Å². The summed E-state index contributed by atoms with van der Waals surface area (Å²) in [5, 5.41) is 11.3. The fourth-order valence-corrected chi connectivity index (χ4v) is 1.69. The number of tetrazole rings is 1. The van der Waals surface area contributed by atoms with Gasteiger partial charge in [-0.05, 0) is 52.1 Å². The molecule has 0 radical (unpaired) electrons. The summed E-state index contributed by atoms with van der Waals surface area (Å²) in [7, 11) is 0. The molecular formula is C8H7IN4. The van der Waals surface area contributed by atoms with Gasteiger partial charge in [0.1, 0.15) is 0 Å². The Morgan fingerprint density at radius 1 is 1.31 bits per heavy atom. The summed E-state index contributed by atoms with van der Waals surface area (Å²) in [6.07, 6.45) is 0. The van der Waals surface area contributed by atoms with Crippen LogP contribution < -0.4 is 0 Å². The highest BCUT2D eigenvalue weighted by Gasteiger charge is 2.05. The molecule has 0 unspecified atom stereocenters. The number of aryl methyl sites for hydroxylation is 1. The largest absolute Gasteiger partial charge is 0.197 e. The third-order valence-electron chi connectivity index (χ3n) is 1.71. The second kappa shape index (κ2) is 3.41. The Balaban J connectivity index is 2.59. The summed E-state index contributed by atoms with van der Waals surface area (Å²) >= 11 is 2.26. The topological polar surface area (TPSA) is 43.6 Å². The molecule has 1 aromatic heterocycles. The van der Waals surface area contributed by atoms with E-state index >= 15 is 0 Å². The molecule has 0 aliphatic carbocycles. The highest BCUT2D eigenvalue weighted by molar-refractivity contribution is 14.1. The normalized spacial score (nSPS) is 10.3. The number of hydrogen-bond donors (Lipinski definition) is 0. The zero-order valence-electron chi connectivity index (χ0n) is 6.98. The number of benzene rings is 1. The molecule has 0 N–H and O–H groups in total. The molecular weight excluding hydrogens is 279 g/mol. The van der Waals surface area contributed by atoms with Crippen LogP contribution in [-0.2, 0) is 0 Å². The Hall–Kier alpha value is -0.980. The second-order valence-corrected chi connectivity index (χ2v) is 3.75. The number of rotatable bonds is 1. The van der Waals surface area contributed by atoms with Crippen LogP contribution in [0, 0.1) is 10.5 Å². The van der Waals surface area contributed by atoms with Crippen LogP contribution in [-0.4, -0.2) is 20.2 Å². The summed E-state index contributed by atoms with van der Waals surface area (Å²) in [6, 6.07) is 7.98. The van der Waals surface area contributed by atoms with Gasteiger partial charge in [-0.1, -0.05) is 12.1 Å². The van der Waals surface area contributed by atoms with E-state index in [0.29, 0.717) is 0 Å². The molecule has 0 aliphatic rings. The highest BCUT2D eigenvalue weighted by Crippen LogP contribution is 2.15. The maximum Gasteiger partial charge on any atom is 0.153 e. The van der Waals surface area contributed by atoms with Crippen molar-refractivity contribution in [3.63, 3.8) is 0 Å². The van der Waals surface area contributed by atoms with Gasteiger partial charge in [0.25, 0.3) is 0 Å². The molecule has 0 bridgehead atoms. The molecule has 1 heterocycles. The van der Waals surface area contributed by atoms with Crippen molar-refractivity contribution >= 4 is 22.6 Å². The Kier molecular flexibility index (Phi) is 2.26. The molecule has 0 spiro atoms. The number of aromatic nitrogens is 4. The van der Waals surface area contributed by atoms with E-state index in [1.165, 1.54) is 0 Å². The predicted molar refractivity (Wildman–Crippen MR) is 56.6 cm³/mol. The van der Waals surface area contributed by atoms with Crippen molar-refractivity contribution in [2.45, 2.75) is 6.92 Å². The van der Waals surface area contributed by atoms with Crippen LogP contribution in [0.5, 0.6) is 0 Å². The molecule has 66 valence electrons. The third kappa shape index (κ3) is 1.55. The van der Waals surface area contributed by atoms with Crippen LogP contribution in [0.25, 0.3) is 5.69 Å². The van der Waals surface area contributed by atoms with Gasteiger partial charge < -0.3 is 0 Å². The van der Waals surface area contributed by atoms with E-state index in [9.17, 15) is 0 Å². The average Bonchev–Trinajstić information content (AvgIpc) is 2.52. The monoisotopic (exact) mass is 286 g/mol. The first-order chi connectivity index (χ1) is 6.29. The number of para-hydroxylation sites is 1. The van der Waals surface area contributed by atoms with E-state index in [2.05, 4.69) is 38.1 Å². The van der Waals surface area contributed by atoms with Crippen LogP contribution in [0.1, 0.15) is 5.82 Å². The second-order valence-electron chi connectivity index (χ2n) is 2.59. The average molecular weight is 286 g/mol. The summed E-state index contributed by atoms with van der Waals surface area (Å²) in [5.74, 6) is 0.795. The van der Waals surface area contributed by atoms with Gasteiger partial charge >= 0.3 is 0 Å². The predicted octanol–water partition coefficient (Wildman–Crippen LogP) is 1.58. The van der Waals surface area contributed by atoms with Crippen LogP contribution in [0.4, 0.5) is 0 Å². The number of hydrogen-bond acceptors (Lipinski definition) is 3. The molecule has 5 heteroatoms. The maximum absolute atomic E-state index is 3.90. The lowest BCUT2D eigenvalue weighted by molar-refractivity contribution is 0.776. The minimum Gasteiger partial charge on any atom is -0.197 e. The summed E-state index contributed by atoms with van der Waals surface area (Å²) < 4.78 is 2.86. The molecule has 0 saturated carbocycles. The number of nitrogens with zero attached hydrogens (tertiary/aromatic N) is 4. The van der Waals surface area contributed by atoms with Crippen molar-refractivity contribution < 1.29 is 0 Å². The van der Waals surface area contributed by atoms with Crippen LogP contribution in [0.3, 0.4) is 0 Å². The van der Waals surface area contributed by atoms with Crippen LogP contribution in [0.15, 0.2) is 24.3 Å². The van der Waals surface area contributed by atoms with Crippen LogP contribution in [0.2, 0.25) is 0 Å². The van der Waals surface area contributed by atoms with Crippen molar-refractivity contribution in [1.29, 1.82) is 0 Å². The lowest BCUT2D eigenvalue weighted by atomic mass is 10.3. The van der Waals surface area contributed by atoms with Crippen molar-refractivity contribution in [2.75, 3.05) is 0 Å². The molecule has 0 fully saturated rings. The van der Waals surface area contributed by atoms with Gasteiger partial charge in [-0.3, -0.25) is 0 Å². The first kappa shape index (κ1) is 8.61. The Labute approximate surface area is 89.1 Å². The Morgan fingerprint density at radius 2 is 2.08 bits per heavy atom. The highest BCUT2D eigenvalue weighted by atomic mass is 127. The standard InChI is InChI=1S/C8H7IN4/c1-6-10-11-12-13(6)8-5-3-2-4-7(8)9/h2-5H,1H3. The minimum absolute atomic E-state index is 0.795. The number of halogens is 1. The van der Waals surface area contributed by atoms with Gasteiger partial charge in [0.15, 0.2) is 5.82 Å². The zero-order valence-corrected chi connectivity index (χ0v) is 9.13. The summed E-state index contributed by atoms with van der Waals surface area (Å²) in [4.78, 5) is 0. The van der Waals surface area contributed by atoms with Gasteiger partial charge in [-0.15, -0.1) is 5.10 Å². The molecule has 2 aromatic rings. The van der Waals surface area contributed by atoms with E-state index in [0.717, 1.165) is 15.1 Å². The molecule has 0 amide bonds. The molecule has 4 nitrogen and oxygen atoms in total. The maximum atomic E-state index is 3.90. The molecule has 0 atom stereocenters. The smallest absolute Gasteiger partial charge is 0.153 e. The molecule has 0 aliphatic heterocycles. The Morgan fingerprint density at radius 3 is 2.69 bits per heavy atom. The SMILES string of the molecule is Cc1nnnn1-c1ccccc1I. The van der Waals surface area contributed by atoms with Crippen molar-refractivity contribution in [3.05, 3.63) is 33.7 Å². The fourth-order valence-electron chi connectivity index (χ4n) is 1.08. The third-order valence-corrected chi connectivity index (χ3v) is 2.62. The quantitative estimate of drug-likeness (QED) is 0.747. The molecule has 1 aromatic carbocycles. The van der Waals surface area contributed by atoms with E-state index < -0.39 is 0 Å². The fraction of sp³-hybridized carbons (Fsp3) is 0.125. The van der Waals surface area contributed by atoms with Crippen molar-refractivity contribution in [2.24, 2.45) is 0 Å². The van der Waals surface area contributed by atoms with E-state index in [1.54, 1.807) is 4.68 Å². The van der Waals surface area contributed by atoms with E-state index in [1.807, 2.05) is 31.2 Å². The van der Waals surface area contributed by atoms with Gasteiger partial charge in [0, 0.05) is 3.57 Å². The van der Waals surface area contributed by atoms with Crippen LogP contribution >= 0.6 is 22.6 Å². The summed E-state index contributed by atoms with van der Waals surface area (Å²) in [6.45, 7) is 1.88. The molecule has 13 heavy (non-hydrogen) atoms. The van der Waals surface area contributed by atoms with Gasteiger partial charge in [-0.2, -0.15) is 4.68 Å².